The first-order chi connectivity index (χ1) is 13.9. The highest BCUT2D eigenvalue weighted by Gasteiger charge is 2.31. The maximum absolute atomic E-state index is 12.9. The molecule has 7 heteroatoms. The van der Waals surface area contributed by atoms with E-state index in [2.05, 4.69) is 10.6 Å². The second kappa shape index (κ2) is 11.6. The number of carbonyl (C=O) groups excluding carboxylic acids is 3. The molecule has 1 unspecified atom stereocenters. The molecule has 0 saturated heterocycles. The Balaban J connectivity index is 2.80. The van der Waals surface area contributed by atoms with Crippen molar-refractivity contribution in [1.82, 2.24) is 10.6 Å². The molecule has 0 aliphatic heterocycles. The fourth-order valence-electron chi connectivity index (χ4n) is 2.72. The summed E-state index contributed by atoms with van der Waals surface area (Å²) in [5.74, 6) is -0.982. The van der Waals surface area contributed by atoms with Gasteiger partial charge in [0.1, 0.15) is 24.3 Å². The van der Waals surface area contributed by atoms with Crippen LogP contribution in [0.4, 0.5) is 4.79 Å². The van der Waals surface area contributed by atoms with Crippen molar-refractivity contribution in [1.29, 1.82) is 0 Å². The van der Waals surface area contributed by atoms with Crippen molar-refractivity contribution in [3.8, 4) is 0 Å². The predicted molar refractivity (Wildman–Crippen MR) is 116 cm³/mol. The van der Waals surface area contributed by atoms with E-state index in [4.69, 9.17) is 9.47 Å². The van der Waals surface area contributed by atoms with Gasteiger partial charge in [-0.3, -0.25) is 4.79 Å². The third-order valence-electron chi connectivity index (χ3n) is 4.16. The summed E-state index contributed by atoms with van der Waals surface area (Å²) in [6, 6.07) is 7.70. The minimum atomic E-state index is -0.823. The summed E-state index contributed by atoms with van der Waals surface area (Å²) in [5, 5.41) is 5.36. The predicted octanol–water partition coefficient (Wildman–Crippen LogP) is 3.81. The topological polar surface area (TPSA) is 93.7 Å². The number of hydrogen-bond donors (Lipinski definition) is 2. The van der Waals surface area contributed by atoms with E-state index in [0.717, 1.165) is 5.56 Å². The molecule has 30 heavy (non-hydrogen) atoms. The molecule has 7 nitrogen and oxygen atoms in total. The zero-order chi connectivity index (χ0) is 22.9. The van der Waals surface area contributed by atoms with Crippen LogP contribution < -0.4 is 10.6 Å². The molecule has 1 rings (SSSR count). The van der Waals surface area contributed by atoms with Crippen molar-refractivity contribution in [3.63, 3.8) is 0 Å². The lowest BCUT2D eigenvalue weighted by molar-refractivity contribution is -0.150. The molecule has 0 aromatic heterocycles. The molecule has 0 fully saturated rings. The zero-order valence-electron chi connectivity index (χ0n) is 19.2. The summed E-state index contributed by atoms with van der Waals surface area (Å²) in [7, 11) is 0. The van der Waals surface area contributed by atoms with E-state index in [1.54, 1.807) is 20.8 Å². The van der Waals surface area contributed by atoms with Gasteiger partial charge in [0.25, 0.3) is 0 Å². The Labute approximate surface area is 179 Å². The van der Waals surface area contributed by atoms with Gasteiger partial charge < -0.3 is 20.1 Å². The molecule has 0 saturated carbocycles. The third kappa shape index (κ3) is 9.76. The van der Waals surface area contributed by atoms with Crippen LogP contribution in [-0.4, -0.2) is 35.7 Å². The van der Waals surface area contributed by atoms with Gasteiger partial charge in [0.2, 0.25) is 5.91 Å². The average molecular weight is 421 g/mol. The van der Waals surface area contributed by atoms with E-state index in [1.807, 2.05) is 58.0 Å². The van der Waals surface area contributed by atoms with Gasteiger partial charge in [0.15, 0.2) is 0 Å². The maximum atomic E-state index is 12.9. The molecule has 0 bridgehead atoms. The Morgan fingerprint density at radius 1 is 0.967 bits per heavy atom. The number of esters is 1. The van der Waals surface area contributed by atoms with E-state index < -0.39 is 35.7 Å². The Hall–Kier alpha value is -2.57. The van der Waals surface area contributed by atoms with E-state index >= 15 is 0 Å². The van der Waals surface area contributed by atoms with Crippen LogP contribution in [0.1, 0.15) is 60.5 Å². The van der Waals surface area contributed by atoms with Gasteiger partial charge in [-0.1, -0.05) is 58.0 Å². The van der Waals surface area contributed by atoms with Gasteiger partial charge in [-0.25, -0.2) is 9.59 Å². The molecule has 1 aromatic carbocycles. The molecular weight excluding hydrogens is 384 g/mol. The van der Waals surface area contributed by atoms with Gasteiger partial charge in [0, 0.05) is 0 Å². The highest BCUT2D eigenvalue weighted by molar-refractivity contribution is 5.89. The number of hydrogen-bond acceptors (Lipinski definition) is 5. The van der Waals surface area contributed by atoms with Crippen LogP contribution in [0.25, 0.3) is 0 Å². The van der Waals surface area contributed by atoms with Crippen LogP contribution in [0.3, 0.4) is 0 Å². The molecule has 2 amide bonds. The van der Waals surface area contributed by atoms with Crippen molar-refractivity contribution in [2.24, 2.45) is 11.8 Å². The summed E-state index contributed by atoms with van der Waals surface area (Å²) in [6.07, 6.45) is -0.259. The Morgan fingerprint density at radius 2 is 1.57 bits per heavy atom. The number of nitrogens with one attached hydrogen (secondary N) is 2. The van der Waals surface area contributed by atoms with Gasteiger partial charge in [0.05, 0.1) is 0 Å². The van der Waals surface area contributed by atoms with Gasteiger partial charge in [-0.15, -0.1) is 0 Å². The average Bonchev–Trinajstić information content (AvgIpc) is 2.62. The highest BCUT2D eigenvalue weighted by atomic mass is 16.6. The number of ether oxygens (including phenoxy) is 2. The van der Waals surface area contributed by atoms with Crippen LogP contribution in [-0.2, 0) is 25.7 Å². The van der Waals surface area contributed by atoms with Gasteiger partial charge in [-0.05, 0) is 44.6 Å². The second-order valence-corrected chi connectivity index (χ2v) is 9.15. The monoisotopic (exact) mass is 420 g/mol. The van der Waals surface area contributed by atoms with Crippen molar-refractivity contribution in [2.75, 3.05) is 0 Å². The molecule has 0 radical (unpaired) electrons. The van der Waals surface area contributed by atoms with E-state index in [1.165, 1.54) is 0 Å². The van der Waals surface area contributed by atoms with Crippen LogP contribution in [0.5, 0.6) is 0 Å². The van der Waals surface area contributed by atoms with Crippen molar-refractivity contribution >= 4 is 18.0 Å². The molecule has 2 N–H and O–H groups in total. The lowest BCUT2D eigenvalue weighted by Gasteiger charge is -2.27. The normalized spacial score (nSPS) is 13.5. The number of amides is 2. The first kappa shape index (κ1) is 25.5. The second-order valence-electron chi connectivity index (χ2n) is 9.15. The van der Waals surface area contributed by atoms with Crippen LogP contribution >= 0.6 is 0 Å². The Kier molecular flexibility index (Phi) is 9.82. The van der Waals surface area contributed by atoms with Gasteiger partial charge >= 0.3 is 12.1 Å². The summed E-state index contributed by atoms with van der Waals surface area (Å²) in [5.41, 5.74) is 0.189. The molecule has 168 valence electrons. The zero-order valence-corrected chi connectivity index (χ0v) is 19.2. The van der Waals surface area contributed by atoms with Gasteiger partial charge in [-0.2, -0.15) is 0 Å². The number of rotatable bonds is 9. The molecule has 1 aromatic rings. The molecule has 0 heterocycles. The summed E-state index contributed by atoms with van der Waals surface area (Å²) < 4.78 is 10.7. The molecular formula is C23H36N2O5. The van der Waals surface area contributed by atoms with Crippen molar-refractivity contribution in [3.05, 3.63) is 35.9 Å². The van der Waals surface area contributed by atoms with Crippen molar-refractivity contribution < 1.29 is 23.9 Å². The number of alkyl carbamates (subject to hydrolysis) is 1. The van der Waals surface area contributed by atoms with E-state index in [9.17, 15) is 14.4 Å². The third-order valence-corrected chi connectivity index (χ3v) is 4.16. The maximum Gasteiger partial charge on any atom is 0.408 e. The Morgan fingerprint density at radius 3 is 2.07 bits per heavy atom. The molecule has 0 spiro atoms. The summed E-state index contributed by atoms with van der Waals surface area (Å²) >= 11 is 0. The quantitative estimate of drug-likeness (QED) is 0.593. The number of benzene rings is 1. The van der Waals surface area contributed by atoms with Crippen LogP contribution in [0, 0.1) is 11.8 Å². The SMILES string of the molecule is CC(C)C[C@H](NC(=O)OC(C)(C)C)C(=O)NC(C(=O)OCc1ccccc1)C(C)C. The minimum absolute atomic E-state index is 0.129. The fourth-order valence-corrected chi connectivity index (χ4v) is 2.72. The first-order valence-electron chi connectivity index (χ1n) is 10.4. The largest absolute Gasteiger partial charge is 0.459 e. The summed E-state index contributed by atoms with van der Waals surface area (Å²) in [4.78, 5) is 37.6. The number of carbonyl (C=O) groups is 3. The lowest BCUT2D eigenvalue weighted by atomic mass is 10.0. The molecule has 0 aliphatic carbocycles. The molecule has 2 atom stereocenters. The Bertz CT molecular complexity index is 695. The first-order valence-corrected chi connectivity index (χ1v) is 10.4. The smallest absolute Gasteiger partial charge is 0.408 e. The van der Waals surface area contributed by atoms with Crippen molar-refractivity contribution in [2.45, 2.75) is 79.2 Å². The highest BCUT2D eigenvalue weighted by Crippen LogP contribution is 2.12. The summed E-state index contributed by atoms with van der Waals surface area (Å²) in [6.45, 7) is 12.9. The fraction of sp³-hybridized carbons (Fsp3) is 0.609. The standard InChI is InChI=1S/C23H36N2O5/c1-15(2)13-18(24-22(28)30-23(5,6)7)20(26)25-19(16(3)4)21(27)29-14-17-11-9-8-10-12-17/h8-12,15-16,18-19H,13-14H2,1-7H3,(H,24,28)(H,25,26)/t18-,19?/m0/s1. The van der Waals surface area contributed by atoms with Crippen LogP contribution in [0.15, 0.2) is 30.3 Å². The molecule has 0 aliphatic rings. The van der Waals surface area contributed by atoms with E-state index in [0.29, 0.717) is 6.42 Å². The minimum Gasteiger partial charge on any atom is -0.459 e. The van der Waals surface area contributed by atoms with E-state index in [-0.39, 0.29) is 18.4 Å². The van der Waals surface area contributed by atoms with Crippen LogP contribution in [0.2, 0.25) is 0 Å². The lowest BCUT2D eigenvalue weighted by Crippen LogP contribution is -2.54.